The van der Waals surface area contributed by atoms with Crippen LogP contribution in [0.15, 0.2) is 49.1 Å². The van der Waals surface area contributed by atoms with E-state index in [4.69, 9.17) is 29.4 Å². The van der Waals surface area contributed by atoms with Crippen LogP contribution in [0.2, 0.25) is 0 Å². The van der Waals surface area contributed by atoms with Crippen molar-refractivity contribution in [3.8, 4) is 0 Å². The molecule has 5 heterocycles. The number of esters is 2. The molecule has 1 N–H and O–H groups in total. The number of ether oxygens (including phenoxy) is 2. The zero-order valence-corrected chi connectivity index (χ0v) is 42.2. The smallest absolute Gasteiger partial charge is 0.657 e. The number of aliphatic hydroxyl groups is 1. The number of fused-ring (bicyclic) bond motifs is 8. The summed E-state index contributed by atoms with van der Waals surface area (Å²) in [6.07, 6.45) is 17.4. The average Bonchev–Trinajstić information content (AvgIpc) is 3.99. The Morgan fingerprint density at radius 1 is 0.831 bits per heavy atom. The van der Waals surface area contributed by atoms with Gasteiger partial charge in [-0.25, -0.2) is 9.78 Å². The minimum atomic E-state index is -0.693. The number of aryl methyl sites for hydroxylation is 2. The van der Waals surface area contributed by atoms with Gasteiger partial charge in [0.2, 0.25) is 0 Å². The monoisotopic (exact) mass is 891 g/mol. The van der Waals surface area contributed by atoms with Crippen LogP contribution in [0, 0.1) is 31.6 Å². The molecule has 6 rings (SSSR count). The second-order valence-electron chi connectivity index (χ2n) is 19.1. The van der Waals surface area contributed by atoms with Crippen molar-refractivity contribution < 1.29 is 24.2 Å². The normalized spacial score (nSPS) is 16.8. The van der Waals surface area contributed by atoms with E-state index in [2.05, 4.69) is 54.7 Å². The number of methoxy groups -OCH3 is 1. The predicted octanol–water partition coefficient (Wildman–Crippen LogP) is 13.1. The number of hydrogen-bond acceptors (Lipinski definition) is 7. The van der Waals surface area contributed by atoms with Crippen molar-refractivity contribution in [3.05, 3.63) is 99.7 Å². The molecule has 65 heavy (non-hydrogen) atoms. The van der Waals surface area contributed by atoms with E-state index in [0.29, 0.717) is 51.5 Å². The Morgan fingerprint density at radius 2 is 1.48 bits per heavy atom. The van der Waals surface area contributed by atoms with Crippen LogP contribution in [0.4, 0.5) is 0 Å². The summed E-state index contributed by atoms with van der Waals surface area (Å²) >= 11 is 0. The van der Waals surface area contributed by atoms with Crippen LogP contribution in [-0.4, -0.2) is 63.8 Å². The van der Waals surface area contributed by atoms with Crippen molar-refractivity contribution in [1.29, 1.82) is 0 Å². The Kier molecular flexibility index (Phi) is 17.9. The maximum Gasteiger partial charge on any atom is 2.00 e. The van der Waals surface area contributed by atoms with E-state index in [-0.39, 0.29) is 65.2 Å². The largest absolute Gasteiger partial charge is 2.00 e. The van der Waals surface area contributed by atoms with Crippen LogP contribution < -0.4 is 9.97 Å². The Bertz CT molecular complexity index is 2550. The predicted molar refractivity (Wildman–Crippen MR) is 268 cm³/mol. The van der Waals surface area contributed by atoms with Crippen molar-refractivity contribution in [2.24, 2.45) is 17.8 Å². The summed E-state index contributed by atoms with van der Waals surface area (Å²) in [5, 5.41) is 11.8. The Morgan fingerprint density at radius 3 is 2.12 bits per heavy atom. The molecule has 0 fully saturated rings. The molecular weight excluding hydrogens is 821 g/mol. The van der Waals surface area contributed by atoms with E-state index in [1.165, 1.54) is 57.6 Å². The van der Waals surface area contributed by atoms with E-state index in [0.717, 1.165) is 69.4 Å². The van der Waals surface area contributed by atoms with Crippen molar-refractivity contribution >= 4 is 85.6 Å². The third-order valence-corrected chi connectivity index (χ3v) is 13.8. The molecule has 3 aliphatic rings. The van der Waals surface area contributed by atoms with E-state index >= 15 is 0 Å². The third kappa shape index (κ3) is 11.5. The summed E-state index contributed by atoms with van der Waals surface area (Å²) in [5.41, 5.74) is 11.7. The number of carbonyl (C=O) groups excluding carboxylic acids is 2. The van der Waals surface area contributed by atoms with Gasteiger partial charge in [-0.3, -0.25) is 9.78 Å². The van der Waals surface area contributed by atoms with Crippen molar-refractivity contribution in [1.82, 2.24) is 19.9 Å². The maximum absolute atomic E-state index is 13.6. The average molecular weight is 891 g/mol. The van der Waals surface area contributed by atoms with Gasteiger partial charge in [0.1, 0.15) is 17.9 Å². The van der Waals surface area contributed by atoms with Gasteiger partial charge < -0.3 is 24.5 Å². The fourth-order valence-electron chi connectivity index (χ4n) is 9.70. The molecule has 4 atom stereocenters. The van der Waals surface area contributed by atoms with Crippen molar-refractivity contribution in [3.63, 3.8) is 0 Å². The van der Waals surface area contributed by atoms with Gasteiger partial charge in [-0.2, -0.15) is 0 Å². The fourth-order valence-corrected chi connectivity index (χ4v) is 9.70. The standard InChI is InChI=1S/C55H71N4O5.Mg/c1-13-39-35(8)42-28-44-37(10)41(24-25-48(60)64-27-26-34(7)23-17-22-33(6)21-16-20-32(5)19-15-18-31(3)4)52(58-44)50-51(55(62)63-12)54(61)49-38(11)45(59-53(49)50)30-47-40(14-2)36(9)43(57-47)29-46(39)56-42;/h13-14,26,28-33,37,41H,1-2,15-25,27H2,3-12H3,(H2-,56,57,58,59,61,62);/q-1;+2/p-1/b34-26+;/t32-,33-,37+,41+;/m1./s1. The number of rotatable bonds is 20. The van der Waals surface area contributed by atoms with Crippen LogP contribution in [0.1, 0.15) is 182 Å². The quantitative estimate of drug-likeness (QED) is 0.0670. The fraction of sp³-hybridized carbons (Fsp3) is 0.491. The molecule has 2 aliphatic heterocycles. The van der Waals surface area contributed by atoms with Gasteiger partial charge in [0.25, 0.3) is 0 Å². The first kappa shape index (κ1) is 51.3. The Hall–Kier alpha value is -4.67. The molecule has 0 saturated heterocycles. The molecule has 9 nitrogen and oxygen atoms in total. The van der Waals surface area contributed by atoms with Crippen LogP contribution in [0.5, 0.6) is 0 Å². The number of carbonyl (C=O) groups is 2. The molecule has 3 aromatic rings. The van der Waals surface area contributed by atoms with Crippen molar-refractivity contribution in [2.45, 2.75) is 145 Å². The molecular formula is C55H70MgN4O5. The zero-order chi connectivity index (χ0) is 46.4. The molecule has 8 bridgehead atoms. The van der Waals surface area contributed by atoms with E-state index in [1.54, 1.807) is 6.08 Å². The second kappa shape index (κ2) is 22.7. The molecule has 0 spiro atoms. The van der Waals surface area contributed by atoms with Crippen molar-refractivity contribution in [2.75, 3.05) is 13.7 Å². The Labute approximate surface area is 403 Å². The zero-order valence-electron chi connectivity index (χ0n) is 40.8. The maximum atomic E-state index is 13.6. The molecule has 0 saturated carbocycles. The first-order valence-corrected chi connectivity index (χ1v) is 23.6. The molecule has 0 aromatic carbocycles. The summed E-state index contributed by atoms with van der Waals surface area (Å²) in [4.78, 5) is 47.4. The second-order valence-corrected chi connectivity index (χ2v) is 19.1. The summed E-state index contributed by atoms with van der Waals surface area (Å²) in [6, 6.07) is 5.84. The number of aromatic nitrogens is 4. The summed E-state index contributed by atoms with van der Waals surface area (Å²) in [7, 11) is 1.29. The first-order valence-electron chi connectivity index (χ1n) is 23.6. The molecule has 0 amide bonds. The van der Waals surface area contributed by atoms with Crippen LogP contribution in [-0.2, 0) is 19.1 Å². The third-order valence-electron chi connectivity index (χ3n) is 13.8. The minimum absolute atomic E-state index is 0. The summed E-state index contributed by atoms with van der Waals surface area (Å²) in [6.45, 7) is 27.9. The van der Waals surface area contributed by atoms with Gasteiger partial charge in [0.05, 0.1) is 24.2 Å². The summed E-state index contributed by atoms with van der Waals surface area (Å²) in [5.74, 6) is 0.605. The molecule has 342 valence electrons. The first-order chi connectivity index (χ1) is 30.6. The van der Waals surface area contributed by atoms with Gasteiger partial charge in [-0.05, 0) is 81.9 Å². The van der Waals surface area contributed by atoms with Crippen LogP contribution in [0.25, 0.3) is 50.6 Å². The minimum Gasteiger partial charge on any atom is -0.657 e. The van der Waals surface area contributed by atoms with Gasteiger partial charge >= 0.3 is 35.0 Å². The van der Waals surface area contributed by atoms with E-state index in [9.17, 15) is 14.7 Å². The molecule has 0 radical (unpaired) electrons. The SMILES string of the molecule is C=CC1=C(C)c2cc3[n-]c(cc4nc(c5c6[n-]c(cc1n2)c(C)c6C(O)=C5C(=O)OC)[C@@H](CCC(=O)OC/C=C(\C)CCC[C@H](C)CCC[C@H](C)CCCC(C)C)[C@@H]4C)c(C)c3C=C.[Mg+2]. The molecule has 1 aliphatic carbocycles. The van der Waals surface area contributed by atoms with Crippen LogP contribution in [0.3, 0.4) is 0 Å². The van der Waals surface area contributed by atoms with Gasteiger partial charge in [0.15, 0.2) is 0 Å². The van der Waals surface area contributed by atoms with Gasteiger partial charge in [-0.15, -0.1) is 22.1 Å². The number of allylic oxidation sites excluding steroid dienone is 4. The van der Waals surface area contributed by atoms with Gasteiger partial charge in [0, 0.05) is 40.7 Å². The molecule has 10 heteroatoms. The number of hydrogen-bond donors (Lipinski definition) is 1. The number of aliphatic hydroxyl groups excluding tert-OH is 1. The molecule has 3 aromatic heterocycles. The van der Waals surface area contributed by atoms with Gasteiger partial charge in [-0.1, -0.05) is 140 Å². The topological polar surface area (TPSA) is 127 Å². The molecule has 0 unspecified atom stereocenters. The summed E-state index contributed by atoms with van der Waals surface area (Å²) < 4.78 is 11.0. The van der Waals surface area contributed by atoms with E-state index < -0.39 is 5.97 Å². The Balaban J connectivity index is 0.00000793. The number of nitrogens with zero attached hydrogens (tertiary/aromatic N) is 4. The van der Waals surface area contributed by atoms with Crippen LogP contribution >= 0.6 is 0 Å². The van der Waals surface area contributed by atoms with E-state index in [1.807, 2.05) is 51.1 Å².